The zero-order valence-corrected chi connectivity index (χ0v) is 18.5. The summed E-state index contributed by atoms with van der Waals surface area (Å²) in [6.07, 6.45) is 0.785. The van der Waals surface area contributed by atoms with E-state index in [1.165, 1.54) is 0 Å². The predicted molar refractivity (Wildman–Crippen MR) is 120 cm³/mol. The molecule has 3 amide bonds. The highest BCUT2D eigenvalue weighted by Crippen LogP contribution is 2.25. The van der Waals surface area contributed by atoms with E-state index in [0.717, 1.165) is 16.8 Å². The largest absolute Gasteiger partial charge is 0.378 e. The molecule has 1 aliphatic heterocycles. The highest BCUT2D eigenvalue weighted by Gasteiger charge is 2.34. The predicted octanol–water partition coefficient (Wildman–Crippen LogP) is 2.51. The van der Waals surface area contributed by atoms with E-state index in [9.17, 15) is 14.4 Å². The summed E-state index contributed by atoms with van der Waals surface area (Å²) in [5, 5.41) is 0. The van der Waals surface area contributed by atoms with Crippen LogP contribution in [0.5, 0.6) is 0 Å². The lowest BCUT2D eigenvalue weighted by Gasteiger charge is -2.36. The highest BCUT2D eigenvalue weighted by molar-refractivity contribution is 5.97. The van der Waals surface area contributed by atoms with Gasteiger partial charge in [-0.2, -0.15) is 0 Å². The van der Waals surface area contributed by atoms with Gasteiger partial charge in [0.25, 0.3) is 11.8 Å². The Kier molecular flexibility index (Phi) is 6.95. The van der Waals surface area contributed by atoms with Crippen LogP contribution in [0.2, 0.25) is 0 Å². The third kappa shape index (κ3) is 5.42. The first-order chi connectivity index (χ1) is 14.8. The first-order valence-electron chi connectivity index (χ1n) is 10.5. The zero-order chi connectivity index (χ0) is 22.5. The molecule has 0 saturated heterocycles. The molecule has 0 saturated carbocycles. The van der Waals surface area contributed by atoms with Gasteiger partial charge in [-0.25, -0.2) is 0 Å². The summed E-state index contributed by atoms with van der Waals surface area (Å²) in [6.45, 7) is 4.35. The number of hydrogen-bond acceptors (Lipinski definition) is 4. The molecule has 0 spiro atoms. The minimum absolute atomic E-state index is 0.0605. The van der Waals surface area contributed by atoms with Crippen LogP contribution in [0.3, 0.4) is 0 Å². The molecule has 3 rings (SSSR count). The molecule has 1 heterocycles. The molecular formula is C24H30N4O3. The fourth-order valence-corrected chi connectivity index (χ4v) is 3.68. The van der Waals surface area contributed by atoms with E-state index in [1.807, 2.05) is 63.2 Å². The Morgan fingerprint density at radius 3 is 2.42 bits per heavy atom. The van der Waals surface area contributed by atoms with Crippen molar-refractivity contribution in [2.24, 2.45) is 5.92 Å². The second-order valence-electron chi connectivity index (χ2n) is 8.50. The Morgan fingerprint density at radius 2 is 1.74 bits per heavy atom. The smallest absolute Gasteiger partial charge is 0.269 e. The first-order valence-corrected chi connectivity index (χ1v) is 10.5. The molecule has 7 heteroatoms. The highest BCUT2D eigenvalue weighted by atomic mass is 16.2. The molecule has 7 nitrogen and oxygen atoms in total. The maximum atomic E-state index is 13.0. The van der Waals surface area contributed by atoms with Gasteiger partial charge >= 0.3 is 0 Å². The summed E-state index contributed by atoms with van der Waals surface area (Å²) in [7, 11) is 3.78. The van der Waals surface area contributed by atoms with Crippen LogP contribution in [0, 0.1) is 5.92 Å². The molecule has 1 atom stereocenters. The molecule has 1 unspecified atom stereocenters. The van der Waals surface area contributed by atoms with E-state index >= 15 is 0 Å². The van der Waals surface area contributed by atoms with Crippen LogP contribution in [-0.4, -0.2) is 42.8 Å². The lowest BCUT2D eigenvalue weighted by molar-refractivity contribution is -0.142. The molecule has 2 aromatic rings. The number of rotatable bonds is 5. The summed E-state index contributed by atoms with van der Waals surface area (Å²) in [5.74, 6) is -0.677. The van der Waals surface area contributed by atoms with Crippen molar-refractivity contribution in [3.8, 4) is 0 Å². The van der Waals surface area contributed by atoms with E-state index in [4.69, 9.17) is 0 Å². The van der Waals surface area contributed by atoms with Crippen molar-refractivity contribution < 1.29 is 14.4 Å². The third-order valence-corrected chi connectivity index (χ3v) is 5.38. The summed E-state index contributed by atoms with van der Waals surface area (Å²) in [6, 6.07) is 14.3. The summed E-state index contributed by atoms with van der Waals surface area (Å²) >= 11 is 0. The number of amides is 3. The Labute approximate surface area is 183 Å². The topological polar surface area (TPSA) is 81.8 Å². The maximum Gasteiger partial charge on any atom is 0.269 e. The minimum Gasteiger partial charge on any atom is -0.378 e. The summed E-state index contributed by atoms with van der Waals surface area (Å²) in [4.78, 5) is 41.9. The average molecular weight is 423 g/mol. The molecule has 0 radical (unpaired) electrons. The lowest BCUT2D eigenvalue weighted by atomic mass is 9.92. The van der Waals surface area contributed by atoms with Crippen LogP contribution in [0.1, 0.15) is 41.8 Å². The van der Waals surface area contributed by atoms with Crippen LogP contribution in [0.25, 0.3) is 0 Å². The number of hydrazine groups is 1. The van der Waals surface area contributed by atoms with Crippen molar-refractivity contribution in [3.63, 3.8) is 0 Å². The molecule has 2 N–H and O–H groups in total. The molecule has 164 valence electrons. The van der Waals surface area contributed by atoms with Gasteiger partial charge in [0.05, 0.1) is 0 Å². The van der Waals surface area contributed by atoms with Gasteiger partial charge < -0.3 is 9.80 Å². The Morgan fingerprint density at radius 1 is 1.03 bits per heavy atom. The second-order valence-corrected chi connectivity index (χ2v) is 8.50. The zero-order valence-electron chi connectivity index (χ0n) is 18.5. The SMILES string of the molecule is CC(C)CC(=O)N1Cc2ccccc2CC1C(=O)NNC(=O)c1cccc(N(C)C)c1. The Balaban J connectivity index is 1.72. The van der Waals surface area contributed by atoms with Crippen molar-refractivity contribution in [1.82, 2.24) is 15.8 Å². The fraction of sp³-hybridized carbons (Fsp3) is 0.375. The molecule has 1 aliphatic rings. The van der Waals surface area contributed by atoms with Gasteiger partial charge in [-0.15, -0.1) is 0 Å². The van der Waals surface area contributed by atoms with Crippen molar-refractivity contribution in [2.75, 3.05) is 19.0 Å². The average Bonchev–Trinajstić information content (AvgIpc) is 2.75. The van der Waals surface area contributed by atoms with E-state index < -0.39 is 17.9 Å². The fourth-order valence-electron chi connectivity index (χ4n) is 3.68. The number of benzene rings is 2. The molecule has 0 aromatic heterocycles. The molecule has 31 heavy (non-hydrogen) atoms. The van der Waals surface area contributed by atoms with Gasteiger partial charge in [0.1, 0.15) is 6.04 Å². The quantitative estimate of drug-likeness (QED) is 0.726. The van der Waals surface area contributed by atoms with E-state index in [1.54, 1.807) is 23.1 Å². The van der Waals surface area contributed by atoms with Crippen LogP contribution < -0.4 is 15.8 Å². The monoisotopic (exact) mass is 422 g/mol. The lowest BCUT2D eigenvalue weighted by Crippen LogP contribution is -2.56. The number of nitrogens with zero attached hydrogens (tertiary/aromatic N) is 2. The minimum atomic E-state index is -0.672. The number of fused-ring (bicyclic) bond motifs is 1. The van der Waals surface area contributed by atoms with Crippen molar-refractivity contribution in [3.05, 3.63) is 65.2 Å². The number of nitrogens with one attached hydrogen (secondary N) is 2. The maximum absolute atomic E-state index is 13.0. The van der Waals surface area contributed by atoms with Gasteiger partial charge in [-0.3, -0.25) is 25.2 Å². The van der Waals surface area contributed by atoms with Gasteiger partial charge in [-0.1, -0.05) is 44.2 Å². The van der Waals surface area contributed by atoms with Gasteiger partial charge in [0.2, 0.25) is 5.91 Å². The van der Waals surface area contributed by atoms with Gasteiger partial charge in [-0.05, 0) is 35.2 Å². The van der Waals surface area contributed by atoms with Crippen LogP contribution in [0.4, 0.5) is 5.69 Å². The number of carbonyl (C=O) groups is 3. The summed E-state index contributed by atoms with van der Waals surface area (Å²) < 4.78 is 0. The standard InChI is InChI=1S/C24H30N4O3/c1-16(2)12-22(29)28-15-19-9-6-5-8-17(19)14-21(28)24(31)26-25-23(30)18-10-7-11-20(13-18)27(3)4/h5-11,13,16,21H,12,14-15H2,1-4H3,(H,25,30)(H,26,31). The number of anilines is 1. The Hall–Kier alpha value is -3.35. The molecule has 0 bridgehead atoms. The third-order valence-electron chi connectivity index (χ3n) is 5.38. The number of carbonyl (C=O) groups excluding carboxylic acids is 3. The van der Waals surface area contributed by atoms with Crippen molar-refractivity contribution >= 4 is 23.4 Å². The molecule has 0 aliphatic carbocycles. The van der Waals surface area contributed by atoms with E-state index in [-0.39, 0.29) is 11.8 Å². The molecule has 2 aromatic carbocycles. The van der Waals surface area contributed by atoms with Crippen molar-refractivity contribution in [1.29, 1.82) is 0 Å². The van der Waals surface area contributed by atoms with E-state index in [2.05, 4.69) is 10.9 Å². The van der Waals surface area contributed by atoms with Crippen LogP contribution in [0.15, 0.2) is 48.5 Å². The number of hydrogen-bond donors (Lipinski definition) is 2. The normalized spacial score (nSPS) is 15.3. The second kappa shape index (κ2) is 9.64. The van der Waals surface area contributed by atoms with Crippen LogP contribution >= 0.6 is 0 Å². The first kappa shape index (κ1) is 22.3. The Bertz CT molecular complexity index is 971. The van der Waals surface area contributed by atoms with E-state index in [0.29, 0.717) is 24.9 Å². The van der Waals surface area contributed by atoms with Crippen molar-refractivity contribution in [2.45, 2.75) is 39.3 Å². The van der Waals surface area contributed by atoms with Gasteiger partial charge in [0, 0.05) is 44.7 Å². The molecule has 0 fully saturated rings. The summed E-state index contributed by atoms with van der Waals surface area (Å²) in [5.41, 5.74) is 8.43. The van der Waals surface area contributed by atoms with Gasteiger partial charge in [0.15, 0.2) is 0 Å². The molecular weight excluding hydrogens is 392 g/mol. The van der Waals surface area contributed by atoms with Crippen LogP contribution in [-0.2, 0) is 22.6 Å².